The zero-order valence-electron chi connectivity index (χ0n) is 13.7. The van der Waals surface area contributed by atoms with Crippen molar-refractivity contribution in [2.45, 2.75) is 82.7 Å². The van der Waals surface area contributed by atoms with Crippen LogP contribution in [0.15, 0.2) is 0 Å². The molecular weight excluding hydrogens is 260 g/mol. The highest BCUT2D eigenvalue weighted by molar-refractivity contribution is 4.93. The van der Waals surface area contributed by atoms with Crippen LogP contribution in [0.3, 0.4) is 0 Å². The molecule has 3 nitrogen and oxygen atoms in total. The third kappa shape index (κ3) is 4.43. The number of nitrogens with zero attached hydrogens (tertiary/aromatic N) is 1. The molecule has 0 bridgehead atoms. The van der Waals surface area contributed by atoms with Crippen LogP contribution >= 0.6 is 0 Å². The lowest BCUT2D eigenvalue weighted by atomic mass is 9.73. The molecule has 0 radical (unpaired) electrons. The van der Waals surface area contributed by atoms with Gasteiger partial charge in [0.15, 0.2) is 0 Å². The second kappa shape index (κ2) is 7.43. The fraction of sp³-hybridized carbons (Fsp3) is 1.00. The monoisotopic (exact) mass is 294 g/mol. The minimum atomic E-state index is 0.353. The van der Waals surface area contributed by atoms with Gasteiger partial charge in [-0.15, -0.1) is 0 Å². The van der Waals surface area contributed by atoms with Gasteiger partial charge in [-0.1, -0.05) is 32.1 Å². The number of likely N-dealkylation sites (tertiary alicyclic amines) is 1. The molecule has 1 unspecified atom stereocenters. The Hall–Kier alpha value is -0.120. The lowest BCUT2D eigenvalue weighted by molar-refractivity contribution is 0.0522. The van der Waals surface area contributed by atoms with Gasteiger partial charge < -0.3 is 10.4 Å². The maximum Gasteiger partial charge on any atom is 0.0586 e. The van der Waals surface area contributed by atoms with Gasteiger partial charge in [-0.3, -0.25) is 4.90 Å². The molecule has 1 aliphatic heterocycles. The first-order valence-corrected chi connectivity index (χ1v) is 9.40. The van der Waals surface area contributed by atoms with Gasteiger partial charge in [0.1, 0.15) is 0 Å². The SMILES string of the molecule is OCC1CCCCCN1CC1(CNC2CC2)CCCCC1. The molecule has 3 rings (SSSR count). The van der Waals surface area contributed by atoms with E-state index in [1.165, 1.54) is 90.3 Å². The minimum absolute atomic E-state index is 0.353. The van der Waals surface area contributed by atoms with E-state index in [1.54, 1.807) is 0 Å². The number of aliphatic hydroxyl groups is 1. The number of nitrogens with one attached hydrogen (secondary N) is 1. The van der Waals surface area contributed by atoms with E-state index in [0.29, 0.717) is 18.1 Å². The van der Waals surface area contributed by atoms with Crippen molar-refractivity contribution in [3.63, 3.8) is 0 Å². The van der Waals surface area contributed by atoms with Crippen molar-refractivity contribution in [2.75, 3.05) is 26.2 Å². The molecule has 2 saturated carbocycles. The quantitative estimate of drug-likeness (QED) is 0.790. The first-order chi connectivity index (χ1) is 10.3. The Kier molecular flexibility index (Phi) is 5.58. The van der Waals surface area contributed by atoms with Crippen molar-refractivity contribution >= 4 is 0 Å². The average molecular weight is 294 g/mol. The molecule has 2 N–H and O–H groups in total. The predicted octanol–water partition coefficient (Wildman–Crippen LogP) is 2.93. The van der Waals surface area contributed by atoms with Crippen LogP contribution in [0, 0.1) is 5.41 Å². The summed E-state index contributed by atoms with van der Waals surface area (Å²) in [5, 5.41) is 13.6. The van der Waals surface area contributed by atoms with Crippen LogP contribution < -0.4 is 5.32 Å². The van der Waals surface area contributed by atoms with Gasteiger partial charge in [-0.2, -0.15) is 0 Å². The van der Waals surface area contributed by atoms with E-state index in [0.717, 1.165) is 6.04 Å². The summed E-state index contributed by atoms with van der Waals surface area (Å²) < 4.78 is 0. The summed E-state index contributed by atoms with van der Waals surface area (Å²) >= 11 is 0. The van der Waals surface area contributed by atoms with Gasteiger partial charge in [-0.25, -0.2) is 0 Å². The molecule has 21 heavy (non-hydrogen) atoms. The molecule has 0 spiro atoms. The van der Waals surface area contributed by atoms with E-state index in [-0.39, 0.29) is 0 Å². The van der Waals surface area contributed by atoms with Crippen LogP contribution in [-0.4, -0.2) is 48.3 Å². The number of hydrogen-bond donors (Lipinski definition) is 2. The summed E-state index contributed by atoms with van der Waals surface area (Å²) in [6.07, 6.45) is 15.0. The highest BCUT2D eigenvalue weighted by atomic mass is 16.3. The van der Waals surface area contributed by atoms with Crippen molar-refractivity contribution < 1.29 is 5.11 Å². The molecule has 1 atom stereocenters. The second-order valence-corrected chi connectivity index (χ2v) is 7.87. The van der Waals surface area contributed by atoms with Crippen molar-refractivity contribution in [3.05, 3.63) is 0 Å². The van der Waals surface area contributed by atoms with E-state index in [1.807, 2.05) is 0 Å². The Morgan fingerprint density at radius 2 is 1.71 bits per heavy atom. The van der Waals surface area contributed by atoms with Gasteiger partial charge in [0, 0.05) is 25.2 Å². The van der Waals surface area contributed by atoms with Crippen LogP contribution in [0.4, 0.5) is 0 Å². The van der Waals surface area contributed by atoms with Crippen molar-refractivity contribution in [3.8, 4) is 0 Å². The topological polar surface area (TPSA) is 35.5 Å². The zero-order valence-corrected chi connectivity index (χ0v) is 13.7. The molecule has 0 aromatic carbocycles. The fourth-order valence-corrected chi connectivity index (χ4v) is 4.42. The number of hydrogen-bond acceptors (Lipinski definition) is 3. The summed E-state index contributed by atoms with van der Waals surface area (Å²) in [4.78, 5) is 2.65. The van der Waals surface area contributed by atoms with Crippen molar-refractivity contribution in [1.82, 2.24) is 10.2 Å². The third-order valence-electron chi connectivity index (χ3n) is 6.01. The standard InChI is InChI=1S/C18H34N2O/c21-13-17-7-3-1-6-12-20(17)15-18(10-4-2-5-11-18)14-19-16-8-9-16/h16-17,19,21H,1-15H2. The van der Waals surface area contributed by atoms with Crippen LogP contribution in [0.1, 0.15) is 70.6 Å². The van der Waals surface area contributed by atoms with Gasteiger partial charge in [-0.05, 0) is 50.5 Å². The van der Waals surface area contributed by atoms with Crippen molar-refractivity contribution in [1.29, 1.82) is 0 Å². The molecule has 3 aliphatic rings. The third-order valence-corrected chi connectivity index (χ3v) is 6.01. The summed E-state index contributed by atoms with van der Waals surface area (Å²) in [5.74, 6) is 0. The van der Waals surface area contributed by atoms with E-state index < -0.39 is 0 Å². The van der Waals surface area contributed by atoms with E-state index >= 15 is 0 Å². The van der Waals surface area contributed by atoms with E-state index in [9.17, 15) is 5.11 Å². The minimum Gasteiger partial charge on any atom is -0.395 e. The Morgan fingerprint density at radius 1 is 0.952 bits per heavy atom. The first kappa shape index (κ1) is 15.8. The van der Waals surface area contributed by atoms with Crippen molar-refractivity contribution in [2.24, 2.45) is 5.41 Å². The highest BCUT2D eigenvalue weighted by Crippen LogP contribution is 2.38. The van der Waals surface area contributed by atoms with E-state index in [4.69, 9.17) is 0 Å². The van der Waals surface area contributed by atoms with Gasteiger partial charge in [0.2, 0.25) is 0 Å². The number of aliphatic hydroxyl groups excluding tert-OH is 1. The van der Waals surface area contributed by atoms with Crippen LogP contribution in [-0.2, 0) is 0 Å². The van der Waals surface area contributed by atoms with Gasteiger partial charge >= 0.3 is 0 Å². The molecule has 1 saturated heterocycles. The molecule has 3 heteroatoms. The summed E-state index contributed by atoms with van der Waals surface area (Å²) in [7, 11) is 0. The molecule has 0 aromatic heterocycles. The van der Waals surface area contributed by atoms with Crippen LogP contribution in [0.2, 0.25) is 0 Å². The zero-order chi connectivity index (χ0) is 14.5. The van der Waals surface area contributed by atoms with Crippen LogP contribution in [0.25, 0.3) is 0 Å². The number of rotatable bonds is 6. The Balaban J connectivity index is 1.63. The summed E-state index contributed by atoms with van der Waals surface area (Å²) in [6.45, 7) is 3.99. The smallest absolute Gasteiger partial charge is 0.0586 e. The molecule has 2 aliphatic carbocycles. The normalized spacial score (nSPS) is 31.0. The lowest BCUT2D eigenvalue weighted by Gasteiger charge is -2.43. The van der Waals surface area contributed by atoms with Gasteiger partial charge in [0.05, 0.1) is 6.61 Å². The summed E-state index contributed by atoms with van der Waals surface area (Å²) in [5.41, 5.74) is 0.485. The maximum atomic E-state index is 9.77. The predicted molar refractivity (Wildman–Crippen MR) is 87.5 cm³/mol. The molecule has 0 aromatic rings. The van der Waals surface area contributed by atoms with E-state index in [2.05, 4.69) is 10.2 Å². The Bertz CT molecular complexity index is 310. The fourth-order valence-electron chi connectivity index (χ4n) is 4.42. The highest BCUT2D eigenvalue weighted by Gasteiger charge is 2.37. The summed E-state index contributed by atoms with van der Waals surface area (Å²) in [6, 6.07) is 1.24. The molecule has 3 fully saturated rings. The van der Waals surface area contributed by atoms with Gasteiger partial charge in [0.25, 0.3) is 0 Å². The largest absolute Gasteiger partial charge is 0.395 e. The Morgan fingerprint density at radius 3 is 2.43 bits per heavy atom. The molecular formula is C18H34N2O. The molecule has 1 heterocycles. The maximum absolute atomic E-state index is 9.77. The Labute approximate surface area is 130 Å². The second-order valence-electron chi connectivity index (χ2n) is 7.87. The lowest BCUT2D eigenvalue weighted by Crippen LogP contribution is -2.49. The van der Waals surface area contributed by atoms with Crippen LogP contribution in [0.5, 0.6) is 0 Å². The molecule has 0 amide bonds. The molecule has 122 valence electrons. The first-order valence-electron chi connectivity index (χ1n) is 9.40. The average Bonchev–Trinajstić information content (AvgIpc) is 3.34.